The van der Waals surface area contributed by atoms with Crippen molar-refractivity contribution < 1.29 is 5.11 Å². The summed E-state index contributed by atoms with van der Waals surface area (Å²) in [5.74, 6) is 1.02. The van der Waals surface area contributed by atoms with Crippen molar-refractivity contribution in [2.45, 2.75) is 58.5 Å². The van der Waals surface area contributed by atoms with Gasteiger partial charge in [-0.15, -0.1) is 0 Å². The van der Waals surface area contributed by atoms with Gasteiger partial charge in [0, 0.05) is 37.0 Å². The molecule has 2 rings (SSSR count). The maximum atomic E-state index is 9.09. The Hall–Kier alpha value is -1.13. The van der Waals surface area contributed by atoms with Gasteiger partial charge in [-0.05, 0) is 57.6 Å². The number of aromatic nitrogens is 1. The minimum atomic E-state index is 0.214. The number of aliphatic hydroxyl groups is 1. The summed E-state index contributed by atoms with van der Waals surface area (Å²) < 4.78 is 0. The zero-order valence-corrected chi connectivity index (χ0v) is 12.7. The standard InChI is InChI=1S/C16H27N3O/c1-12(2)19(8-5-9-20)16-14(11-17)10-13-6-3-4-7-15(13)18-16/h10,12,20H,3-9,11,17H2,1-2H3. The molecule has 0 saturated heterocycles. The van der Waals surface area contributed by atoms with E-state index in [1.807, 2.05) is 0 Å². The number of rotatable bonds is 6. The summed E-state index contributed by atoms with van der Waals surface area (Å²) in [5, 5.41) is 9.09. The fourth-order valence-electron chi connectivity index (χ4n) is 2.92. The second-order valence-corrected chi connectivity index (χ2v) is 5.85. The summed E-state index contributed by atoms with van der Waals surface area (Å²) in [4.78, 5) is 7.19. The molecular weight excluding hydrogens is 250 g/mol. The number of hydrogen-bond donors (Lipinski definition) is 2. The minimum Gasteiger partial charge on any atom is -0.396 e. The Kier molecular flexibility index (Phi) is 5.38. The summed E-state index contributed by atoms with van der Waals surface area (Å²) >= 11 is 0. The Morgan fingerprint density at radius 3 is 2.75 bits per heavy atom. The first-order valence-electron chi connectivity index (χ1n) is 7.76. The Morgan fingerprint density at radius 2 is 2.10 bits per heavy atom. The molecule has 0 atom stereocenters. The third kappa shape index (κ3) is 3.30. The molecule has 0 fully saturated rings. The van der Waals surface area contributed by atoms with Crippen LogP contribution in [0.3, 0.4) is 0 Å². The zero-order valence-electron chi connectivity index (χ0n) is 12.7. The number of fused-ring (bicyclic) bond motifs is 1. The maximum absolute atomic E-state index is 9.09. The van der Waals surface area contributed by atoms with Crippen LogP contribution < -0.4 is 10.6 Å². The molecule has 0 bridgehead atoms. The highest BCUT2D eigenvalue weighted by molar-refractivity contribution is 5.51. The molecule has 0 saturated carbocycles. The van der Waals surface area contributed by atoms with E-state index in [2.05, 4.69) is 24.8 Å². The van der Waals surface area contributed by atoms with E-state index >= 15 is 0 Å². The molecule has 0 spiro atoms. The molecule has 1 aliphatic rings. The molecule has 0 radical (unpaired) electrons. The fraction of sp³-hybridized carbons (Fsp3) is 0.688. The van der Waals surface area contributed by atoms with Gasteiger partial charge in [0.05, 0.1) is 0 Å². The second-order valence-electron chi connectivity index (χ2n) is 5.85. The normalized spacial score (nSPS) is 14.4. The average molecular weight is 277 g/mol. The van der Waals surface area contributed by atoms with Crippen molar-refractivity contribution in [1.29, 1.82) is 0 Å². The van der Waals surface area contributed by atoms with Crippen molar-refractivity contribution in [1.82, 2.24) is 4.98 Å². The van der Waals surface area contributed by atoms with Gasteiger partial charge in [-0.1, -0.05) is 0 Å². The van der Waals surface area contributed by atoms with Crippen molar-refractivity contribution in [2.75, 3.05) is 18.1 Å². The first-order chi connectivity index (χ1) is 9.67. The quantitative estimate of drug-likeness (QED) is 0.835. The van der Waals surface area contributed by atoms with Crippen molar-refractivity contribution >= 4 is 5.82 Å². The van der Waals surface area contributed by atoms with Crippen molar-refractivity contribution in [3.63, 3.8) is 0 Å². The van der Waals surface area contributed by atoms with E-state index in [0.717, 1.165) is 37.2 Å². The van der Waals surface area contributed by atoms with Crippen LogP contribution in [0.5, 0.6) is 0 Å². The highest BCUT2D eigenvalue weighted by Crippen LogP contribution is 2.27. The van der Waals surface area contributed by atoms with Gasteiger partial charge in [-0.3, -0.25) is 0 Å². The number of nitrogens with zero attached hydrogens (tertiary/aromatic N) is 2. The first-order valence-corrected chi connectivity index (χ1v) is 7.76. The smallest absolute Gasteiger partial charge is 0.133 e. The predicted molar refractivity (Wildman–Crippen MR) is 83.0 cm³/mol. The van der Waals surface area contributed by atoms with E-state index in [1.165, 1.54) is 24.1 Å². The van der Waals surface area contributed by atoms with Crippen molar-refractivity contribution in [2.24, 2.45) is 5.73 Å². The van der Waals surface area contributed by atoms with Gasteiger partial charge in [-0.25, -0.2) is 4.98 Å². The lowest BCUT2D eigenvalue weighted by atomic mass is 9.94. The highest BCUT2D eigenvalue weighted by atomic mass is 16.3. The molecule has 0 amide bonds. The van der Waals surface area contributed by atoms with Gasteiger partial charge >= 0.3 is 0 Å². The predicted octanol–water partition coefficient (Wildman–Crippen LogP) is 2.02. The second kappa shape index (κ2) is 7.04. The molecule has 4 heteroatoms. The van der Waals surface area contributed by atoms with Gasteiger partial charge < -0.3 is 15.7 Å². The van der Waals surface area contributed by atoms with Crippen LogP contribution in [-0.2, 0) is 19.4 Å². The highest BCUT2D eigenvalue weighted by Gasteiger charge is 2.19. The number of aliphatic hydroxyl groups excluding tert-OH is 1. The Balaban J connectivity index is 2.36. The number of nitrogens with two attached hydrogens (primary N) is 1. The van der Waals surface area contributed by atoms with Crippen LogP contribution in [0.2, 0.25) is 0 Å². The molecule has 112 valence electrons. The summed E-state index contributed by atoms with van der Waals surface area (Å²) in [6.45, 7) is 5.90. The molecule has 4 nitrogen and oxygen atoms in total. The number of anilines is 1. The fourth-order valence-corrected chi connectivity index (χ4v) is 2.92. The summed E-state index contributed by atoms with van der Waals surface area (Å²) in [6.07, 6.45) is 5.48. The lowest BCUT2D eigenvalue weighted by molar-refractivity contribution is 0.288. The molecule has 0 aliphatic heterocycles. The Labute approximate surface area is 122 Å². The molecule has 1 heterocycles. The van der Waals surface area contributed by atoms with E-state index in [9.17, 15) is 0 Å². The number of pyridine rings is 1. The molecule has 1 aromatic heterocycles. The van der Waals surface area contributed by atoms with Gasteiger partial charge in [-0.2, -0.15) is 0 Å². The van der Waals surface area contributed by atoms with Gasteiger partial charge in [0.2, 0.25) is 0 Å². The number of hydrogen-bond acceptors (Lipinski definition) is 4. The SMILES string of the molecule is CC(C)N(CCCO)c1nc2c(cc1CN)CCCC2. The Bertz CT molecular complexity index is 446. The van der Waals surface area contributed by atoms with Gasteiger partial charge in [0.15, 0.2) is 0 Å². The van der Waals surface area contributed by atoms with Crippen LogP contribution >= 0.6 is 0 Å². The lowest BCUT2D eigenvalue weighted by Crippen LogP contribution is -2.34. The first kappa shape index (κ1) is 15.3. The lowest BCUT2D eigenvalue weighted by Gasteiger charge is -2.31. The summed E-state index contributed by atoms with van der Waals surface area (Å²) in [5.41, 5.74) is 9.70. The molecule has 1 aromatic rings. The van der Waals surface area contributed by atoms with Crippen LogP contribution in [0.1, 0.15) is 49.9 Å². The molecule has 3 N–H and O–H groups in total. The van der Waals surface area contributed by atoms with E-state index in [4.69, 9.17) is 15.8 Å². The van der Waals surface area contributed by atoms with Crippen LogP contribution in [0.25, 0.3) is 0 Å². The van der Waals surface area contributed by atoms with Crippen LogP contribution in [-0.4, -0.2) is 29.3 Å². The third-order valence-electron chi connectivity index (χ3n) is 4.03. The van der Waals surface area contributed by atoms with Crippen molar-refractivity contribution in [3.05, 3.63) is 22.9 Å². The zero-order chi connectivity index (χ0) is 14.5. The van der Waals surface area contributed by atoms with E-state index in [-0.39, 0.29) is 6.61 Å². The third-order valence-corrected chi connectivity index (χ3v) is 4.03. The van der Waals surface area contributed by atoms with E-state index in [1.54, 1.807) is 0 Å². The van der Waals surface area contributed by atoms with Crippen LogP contribution in [0.4, 0.5) is 5.82 Å². The van der Waals surface area contributed by atoms with Crippen molar-refractivity contribution in [3.8, 4) is 0 Å². The van der Waals surface area contributed by atoms with Crippen LogP contribution in [0.15, 0.2) is 6.07 Å². The van der Waals surface area contributed by atoms with Crippen LogP contribution in [0, 0.1) is 0 Å². The maximum Gasteiger partial charge on any atom is 0.133 e. The molecular formula is C16H27N3O. The minimum absolute atomic E-state index is 0.214. The number of aryl methyl sites for hydroxylation is 2. The monoisotopic (exact) mass is 277 g/mol. The topological polar surface area (TPSA) is 62.4 Å². The largest absolute Gasteiger partial charge is 0.396 e. The van der Waals surface area contributed by atoms with Gasteiger partial charge in [0.1, 0.15) is 5.82 Å². The molecule has 0 aromatic carbocycles. The van der Waals surface area contributed by atoms with E-state index < -0.39 is 0 Å². The molecule has 0 unspecified atom stereocenters. The Morgan fingerprint density at radius 1 is 1.35 bits per heavy atom. The molecule has 1 aliphatic carbocycles. The molecule has 20 heavy (non-hydrogen) atoms. The van der Waals surface area contributed by atoms with E-state index in [0.29, 0.717) is 12.6 Å². The average Bonchev–Trinajstić information content (AvgIpc) is 2.46. The summed E-state index contributed by atoms with van der Waals surface area (Å²) in [6, 6.07) is 2.62. The van der Waals surface area contributed by atoms with Gasteiger partial charge in [0.25, 0.3) is 0 Å². The summed E-state index contributed by atoms with van der Waals surface area (Å²) in [7, 11) is 0.